The zero-order chi connectivity index (χ0) is 10.3. The van der Waals surface area contributed by atoms with E-state index in [-0.39, 0.29) is 5.97 Å². The molecule has 0 aromatic heterocycles. The molecule has 0 spiro atoms. The molecule has 0 aliphatic heterocycles. The maximum atomic E-state index is 11.1. The molecule has 3 heteroatoms. The molecule has 0 aromatic rings. The Morgan fingerprint density at radius 3 is 2.38 bits per heavy atom. The number of hydrogen-bond acceptors (Lipinski definition) is 2. The summed E-state index contributed by atoms with van der Waals surface area (Å²) >= 11 is 0. The van der Waals surface area contributed by atoms with E-state index in [0.29, 0.717) is 13.0 Å². The van der Waals surface area contributed by atoms with E-state index in [1.54, 1.807) is 0 Å². The van der Waals surface area contributed by atoms with Crippen LogP contribution in [0.15, 0.2) is 0 Å². The van der Waals surface area contributed by atoms with Crippen LogP contribution in [0, 0.1) is 0 Å². The van der Waals surface area contributed by atoms with Crippen LogP contribution in [-0.4, -0.2) is 20.7 Å². The Hall–Kier alpha value is -0.313. The molecule has 0 unspecified atom stereocenters. The van der Waals surface area contributed by atoms with Crippen molar-refractivity contribution < 1.29 is 9.53 Å². The van der Waals surface area contributed by atoms with Crippen molar-refractivity contribution in [1.82, 2.24) is 0 Å². The fraction of sp³-hybridized carbons (Fsp3) is 0.900. The minimum atomic E-state index is -1.03. The van der Waals surface area contributed by atoms with Gasteiger partial charge in [0, 0.05) is 14.5 Å². The van der Waals surface area contributed by atoms with Gasteiger partial charge in [-0.05, 0) is 12.5 Å². The molecule has 13 heavy (non-hydrogen) atoms. The first-order valence-electron chi connectivity index (χ1n) is 5.11. The summed E-state index contributed by atoms with van der Waals surface area (Å²) in [4.78, 5) is 11.1. The van der Waals surface area contributed by atoms with E-state index in [1.165, 1.54) is 0 Å². The second-order valence-corrected chi connectivity index (χ2v) is 10.3. The molecule has 0 fully saturated rings. The molecule has 0 atom stereocenters. The van der Waals surface area contributed by atoms with Gasteiger partial charge in [0.25, 0.3) is 0 Å². The van der Waals surface area contributed by atoms with Crippen molar-refractivity contribution in [2.45, 2.75) is 51.9 Å². The van der Waals surface area contributed by atoms with Gasteiger partial charge in [0.15, 0.2) is 0 Å². The minimum Gasteiger partial charge on any atom is -0.466 e. The highest BCUT2D eigenvalue weighted by Gasteiger charge is 2.13. The van der Waals surface area contributed by atoms with Crippen molar-refractivity contribution >= 4 is 14.0 Å². The van der Waals surface area contributed by atoms with Crippen LogP contribution >= 0.6 is 0 Å². The Kier molecular flexibility index (Phi) is 6.04. The van der Waals surface area contributed by atoms with E-state index in [4.69, 9.17) is 4.74 Å². The molecule has 0 saturated heterocycles. The molecule has 0 bridgehead atoms. The van der Waals surface area contributed by atoms with Crippen molar-refractivity contribution in [3.05, 3.63) is 0 Å². The lowest BCUT2D eigenvalue weighted by Crippen LogP contribution is -2.22. The predicted octanol–water partition coefficient (Wildman–Crippen LogP) is 3.06. The van der Waals surface area contributed by atoms with Crippen molar-refractivity contribution in [2.75, 3.05) is 6.61 Å². The van der Waals surface area contributed by atoms with E-state index < -0.39 is 8.07 Å². The van der Waals surface area contributed by atoms with Crippen LogP contribution in [0.4, 0.5) is 0 Å². The third-order valence-electron chi connectivity index (χ3n) is 1.85. The number of hydrogen-bond donors (Lipinski definition) is 0. The zero-order valence-electron chi connectivity index (χ0n) is 9.35. The Morgan fingerprint density at radius 1 is 1.31 bits per heavy atom. The molecule has 0 N–H and O–H groups in total. The highest BCUT2D eigenvalue weighted by molar-refractivity contribution is 6.76. The Balaban J connectivity index is 3.37. The number of ether oxygens (including phenoxy) is 1. The van der Waals surface area contributed by atoms with Gasteiger partial charge in [-0.2, -0.15) is 0 Å². The maximum Gasteiger partial charge on any atom is 0.305 e. The lowest BCUT2D eigenvalue weighted by molar-refractivity contribution is -0.143. The number of unbranched alkanes of at least 4 members (excludes halogenated alkanes) is 1. The van der Waals surface area contributed by atoms with Crippen LogP contribution < -0.4 is 0 Å². The molecule has 0 aliphatic rings. The van der Waals surface area contributed by atoms with Gasteiger partial charge < -0.3 is 4.74 Å². The summed E-state index contributed by atoms with van der Waals surface area (Å²) in [6, 6.07) is 1.07. The molecule has 0 saturated carbocycles. The lowest BCUT2D eigenvalue weighted by Gasteiger charge is -2.15. The second-order valence-electron chi connectivity index (χ2n) is 4.63. The van der Waals surface area contributed by atoms with E-state index in [9.17, 15) is 4.79 Å². The Morgan fingerprint density at radius 2 is 1.92 bits per heavy atom. The third-order valence-corrected chi connectivity index (χ3v) is 3.55. The second kappa shape index (κ2) is 6.19. The SMILES string of the molecule is CCCCC(=O)OCC[Si](C)(C)C. The van der Waals surface area contributed by atoms with Gasteiger partial charge in [-0.25, -0.2) is 0 Å². The molecular weight excluding hydrogens is 180 g/mol. The first-order valence-corrected chi connectivity index (χ1v) is 8.82. The maximum absolute atomic E-state index is 11.1. The third kappa shape index (κ3) is 9.60. The number of carbonyl (C=O) groups is 1. The molecule has 0 radical (unpaired) electrons. The van der Waals surface area contributed by atoms with Crippen molar-refractivity contribution in [3.63, 3.8) is 0 Å². The van der Waals surface area contributed by atoms with E-state index in [2.05, 4.69) is 26.6 Å². The number of esters is 1. The standard InChI is InChI=1S/C10H22O2Si/c1-5-6-7-10(11)12-8-9-13(2,3)4/h5-9H2,1-4H3. The van der Waals surface area contributed by atoms with Gasteiger partial charge in [-0.1, -0.05) is 33.0 Å². The van der Waals surface area contributed by atoms with Crippen molar-refractivity contribution in [3.8, 4) is 0 Å². The summed E-state index contributed by atoms with van der Waals surface area (Å²) in [6.45, 7) is 9.56. The largest absolute Gasteiger partial charge is 0.466 e. The van der Waals surface area contributed by atoms with E-state index >= 15 is 0 Å². The van der Waals surface area contributed by atoms with Gasteiger partial charge in [-0.3, -0.25) is 4.79 Å². The molecule has 0 aliphatic carbocycles. The van der Waals surface area contributed by atoms with Gasteiger partial charge in [0.2, 0.25) is 0 Å². The van der Waals surface area contributed by atoms with Crippen LogP contribution in [0.25, 0.3) is 0 Å². The summed E-state index contributed by atoms with van der Waals surface area (Å²) in [6.07, 6.45) is 2.59. The molecular formula is C10H22O2Si. The number of carbonyl (C=O) groups excluding carboxylic acids is 1. The summed E-state index contributed by atoms with van der Waals surface area (Å²) in [5.41, 5.74) is 0. The van der Waals surface area contributed by atoms with Crippen molar-refractivity contribution in [1.29, 1.82) is 0 Å². The lowest BCUT2D eigenvalue weighted by atomic mass is 10.3. The highest BCUT2D eigenvalue weighted by atomic mass is 28.3. The highest BCUT2D eigenvalue weighted by Crippen LogP contribution is 2.08. The van der Waals surface area contributed by atoms with Gasteiger partial charge in [0.1, 0.15) is 0 Å². The first-order chi connectivity index (χ1) is 5.95. The number of rotatable bonds is 6. The average molecular weight is 202 g/mol. The van der Waals surface area contributed by atoms with Crippen LogP contribution in [-0.2, 0) is 9.53 Å². The molecule has 0 rings (SSSR count). The van der Waals surface area contributed by atoms with Crippen molar-refractivity contribution in [2.24, 2.45) is 0 Å². The van der Waals surface area contributed by atoms with Gasteiger partial charge in [-0.15, -0.1) is 0 Å². The normalized spacial score (nSPS) is 11.4. The monoisotopic (exact) mass is 202 g/mol. The molecule has 78 valence electrons. The van der Waals surface area contributed by atoms with E-state index in [0.717, 1.165) is 18.9 Å². The summed E-state index contributed by atoms with van der Waals surface area (Å²) in [5, 5.41) is 0. The summed E-state index contributed by atoms with van der Waals surface area (Å²) < 4.78 is 5.12. The minimum absolute atomic E-state index is 0.0277. The van der Waals surface area contributed by atoms with Gasteiger partial charge in [0.05, 0.1) is 6.61 Å². The van der Waals surface area contributed by atoms with Gasteiger partial charge >= 0.3 is 5.97 Å². The quantitative estimate of drug-likeness (QED) is 0.489. The average Bonchev–Trinajstić information content (AvgIpc) is 1.98. The first kappa shape index (κ1) is 12.7. The van der Waals surface area contributed by atoms with E-state index in [1.807, 2.05) is 0 Å². The smallest absolute Gasteiger partial charge is 0.305 e. The zero-order valence-corrected chi connectivity index (χ0v) is 10.4. The predicted molar refractivity (Wildman–Crippen MR) is 58.6 cm³/mol. The van der Waals surface area contributed by atoms with Crippen LogP contribution in [0.3, 0.4) is 0 Å². The summed E-state index contributed by atoms with van der Waals surface area (Å²) in [7, 11) is -1.03. The van der Waals surface area contributed by atoms with Crippen LogP contribution in [0.2, 0.25) is 25.7 Å². The molecule has 0 amide bonds. The molecule has 0 aromatic carbocycles. The molecule has 0 heterocycles. The van der Waals surface area contributed by atoms with Crippen LogP contribution in [0.5, 0.6) is 0 Å². The summed E-state index contributed by atoms with van der Waals surface area (Å²) in [5.74, 6) is -0.0277. The Labute approximate surface area is 82.7 Å². The Bertz CT molecular complexity index is 149. The van der Waals surface area contributed by atoms with Crippen LogP contribution in [0.1, 0.15) is 26.2 Å². The fourth-order valence-electron chi connectivity index (χ4n) is 0.864. The molecule has 2 nitrogen and oxygen atoms in total. The fourth-order valence-corrected chi connectivity index (χ4v) is 1.58. The topological polar surface area (TPSA) is 26.3 Å².